The van der Waals surface area contributed by atoms with Crippen molar-refractivity contribution in [1.82, 2.24) is 0 Å². The average Bonchev–Trinajstić information content (AvgIpc) is 2.12. The largest absolute Gasteiger partial charge is 0.365 e. The number of nitrogens with zero attached hydrogens (tertiary/aromatic N) is 1. The van der Waals surface area contributed by atoms with E-state index in [-0.39, 0.29) is 0 Å². The third-order valence-corrected chi connectivity index (χ3v) is 1.16. The number of nitrogens with two attached hydrogens (primary N) is 1. The average molecular weight is 136 g/mol. The summed E-state index contributed by atoms with van der Waals surface area (Å²) >= 11 is 0. The van der Waals surface area contributed by atoms with E-state index in [1.54, 1.807) is 12.3 Å². The minimum atomic E-state index is -0.448. The number of amides is 1. The van der Waals surface area contributed by atoms with E-state index in [2.05, 4.69) is 4.99 Å². The van der Waals surface area contributed by atoms with Crippen LogP contribution in [0.25, 0.3) is 0 Å². The van der Waals surface area contributed by atoms with Crippen LogP contribution < -0.4 is 5.73 Å². The third-order valence-electron chi connectivity index (χ3n) is 1.16. The molecule has 52 valence electrons. The molecule has 1 rings (SSSR count). The van der Waals surface area contributed by atoms with Gasteiger partial charge in [-0.1, -0.05) is 12.2 Å². The van der Waals surface area contributed by atoms with Crippen LogP contribution in [0.3, 0.4) is 0 Å². The van der Waals surface area contributed by atoms with E-state index in [0.29, 0.717) is 12.1 Å². The Kier molecular flexibility index (Phi) is 1.99. The normalized spacial score (nSPS) is 16.2. The molecule has 3 nitrogen and oxygen atoms in total. The van der Waals surface area contributed by atoms with Gasteiger partial charge in [-0.25, -0.2) is 0 Å². The molecule has 0 radical (unpaired) electrons. The van der Waals surface area contributed by atoms with Gasteiger partial charge in [-0.15, -0.1) is 0 Å². The molecule has 0 atom stereocenters. The fourth-order valence-electron chi connectivity index (χ4n) is 0.658. The second-order valence-corrected chi connectivity index (χ2v) is 1.91. The molecular formula is C7H8N2O. The SMILES string of the molecule is NC(=O)C1=NC=CC=CC1. The summed E-state index contributed by atoms with van der Waals surface area (Å²) in [5.74, 6) is -0.448. The first-order valence-corrected chi connectivity index (χ1v) is 2.99. The Bertz CT molecular complexity index is 226. The van der Waals surface area contributed by atoms with Gasteiger partial charge in [0.2, 0.25) is 0 Å². The molecule has 0 aliphatic carbocycles. The monoisotopic (exact) mass is 136 g/mol. The quantitative estimate of drug-likeness (QED) is 0.556. The lowest BCUT2D eigenvalue weighted by molar-refractivity contribution is -0.112. The second-order valence-electron chi connectivity index (χ2n) is 1.91. The fraction of sp³-hybridized carbons (Fsp3) is 0.143. The van der Waals surface area contributed by atoms with Crippen molar-refractivity contribution in [3.05, 3.63) is 24.4 Å². The van der Waals surface area contributed by atoms with Crippen molar-refractivity contribution in [2.45, 2.75) is 6.42 Å². The van der Waals surface area contributed by atoms with Gasteiger partial charge in [0.25, 0.3) is 5.91 Å². The van der Waals surface area contributed by atoms with Crippen LogP contribution in [0.1, 0.15) is 6.42 Å². The minimum Gasteiger partial charge on any atom is -0.365 e. The number of primary amides is 1. The number of carbonyl (C=O) groups is 1. The molecule has 1 heterocycles. The first kappa shape index (κ1) is 6.74. The van der Waals surface area contributed by atoms with E-state index in [1.165, 1.54) is 0 Å². The molecule has 0 aromatic heterocycles. The Morgan fingerprint density at radius 2 is 2.40 bits per heavy atom. The van der Waals surface area contributed by atoms with Crippen LogP contribution in [0.15, 0.2) is 29.4 Å². The van der Waals surface area contributed by atoms with Crippen LogP contribution in [-0.2, 0) is 4.79 Å². The van der Waals surface area contributed by atoms with Gasteiger partial charge in [0.05, 0.1) is 0 Å². The van der Waals surface area contributed by atoms with Crippen molar-refractivity contribution in [3.63, 3.8) is 0 Å². The lowest BCUT2D eigenvalue weighted by Crippen LogP contribution is -2.22. The lowest BCUT2D eigenvalue weighted by Gasteiger charge is -1.91. The molecule has 0 unspecified atom stereocenters. The Morgan fingerprint density at radius 1 is 1.60 bits per heavy atom. The van der Waals surface area contributed by atoms with Gasteiger partial charge >= 0.3 is 0 Å². The Hall–Kier alpha value is -1.38. The Morgan fingerprint density at radius 3 is 3.10 bits per heavy atom. The Balaban J connectivity index is 2.78. The molecule has 2 N–H and O–H groups in total. The van der Waals surface area contributed by atoms with E-state index in [1.807, 2.05) is 12.2 Å². The van der Waals surface area contributed by atoms with E-state index >= 15 is 0 Å². The Labute approximate surface area is 58.9 Å². The third kappa shape index (κ3) is 1.55. The maximum Gasteiger partial charge on any atom is 0.263 e. The van der Waals surface area contributed by atoms with Crippen molar-refractivity contribution in [2.75, 3.05) is 0 Å². The minimum absolute atomic E-state index is 0.407. The molecular weight excluding hydrogens is 128 g/mol. The van der Waals surface area contributed by atoms with Gasteiger partial charge in [-0.3, -0.25) is 9.79 Å². The zero-order chi connectivity index (χ0) is 7.40. The number of allylic oxidation sites excluding steroid dienone is 3. The van der Waals surface area contributed by atoms with Crippen LogP contribution in [0.4, 0.5) is 0 Å². The standard InChI is InChI=1S/C7H8N2O/c8-7(10)6-4-2-1-3-5-9-6/h1-3,5H,4H2,(H2,8,10). The summed E-state index contributed by atoms with van der Waals surface area (Å²) in [5, 5.41) is 0. The molecule has 0 fully saturated rings. The fourth-order valence-corrected chi connectivity index (χ4v) is 0.658. The lowest BCUT2D eigenvalue weighted by atomic mass is 10.2. The second kappa shape index (κ2) is 2.96. The van der Waals surface area contributed by atoms with Crippen molar-refractivity contribution in [2.24, 2.45) is 10.7 Å². The highest BCUT2D eigenvalue weighted by Gasteiger charge is 2.03. The molecule has 0 aromatic carbocycles. The molecule has 0 aromatic rings. The van der Waals surface area contributed by atoms with E-state index in [4.69, 9.17) is 5.73 Å². The summed E-state index contributed by atoms with van der Waals surface area (Å²) in [6.07, 6.45) is 7.52. The van der Waals surface area contributed by atoms with Gasteiger partial charge in [0.15, 0.2) is 0 Å². The number of carbonyl (C=O) groups excluding carboxylic acids is 1. The van der Waals surface area contributed by atoms with E-state index in [0.717, 1.165) is 0 Å². The topological polar surface area (TPSA) is 55.5 Å². The van der Waals surface area contributed by atoms with Gasteiger partial charge in [-0.2, -0.15) is 0 Å². The summed E-state index contributed by atoms with van der Waals surface area (Å²) in [7, 11) is 0. The molecule has 0 saturated carbocycles. The zero-order valence-corrected chi connectivity index (χ0v) is 5.45. The van der Waals surface area contributed by atoms with Crippen LogP contribution >= 0.6 is 0 Å². The number of hydrogen-bond acceptors (Lipinski definition) is 2. The molecule has 0 bridgehead atoms. The maximum absolute atomic E-state index is 10.5. The van der Waals surface area contributed by atoms with Crippen molar-refractivity contribution < 1.29 is 4.79 Å². The highest BCUT2D eigenvalue weighted by Crippen LogP contribution is 1.95. The van der Waals surface area contributed by atoms with Crippen molar-refractivity contribution in [1.29, 1.82) is 0 Å². The van der Waals surface area contributed by atoms with Gasteiger partial charge < -0.3 is 5.73 Å². The van der Waals surface area contributed by atoms with E-state index < -0.39 is 5.91 Å². The predicted molar refractivity (Wildman–Crippen MR) is 39.5 cm³/mol. The molecule has 0 spiro atoms. The van der Waals surface area contributed by atoms with Crippen LogP contribution in [0.2, 0.25) is 0 Å². The summed E-state index contributed by atoms with van der Waals surface area (Å²) in [6, 6.07) is 0. The number of hydrogen-bond donors (Lipinski definition) is 1. The first-order valence-electron chi connectivity index (χ1n) is 2.99. The van der Waals surface area contributed by atoms with Gasteiger partial charge in [-0.05, 0) is 6.08 Å². The maximum atomic E-state index is 10.5. The highest BCUT2D eigenvalue weighted by atomic mass is 16.1. The first-order chi connectivity index (χ1) is 4.80. The van der Waals surface area contributed by atoms with Crippen LogP contribution in [-0.4, -0.2) is 11.6 Å². The van der Waals surface area contributed by atoms with E-state index in [9.17, 15) is 4.79 Å². The summed E-state index contributed by atoms with van der Waals surface area (Å²) in [6.45, 7) is 0. The smallest absolute Gasteiger partial charge is 0.263 e. The predicted octanol–water partition coefficient (Wildman–Crippen LogP) is 0.386. The van der Waals surface area contributed by atoms with Crippen LogP contribution in [0.5, 0.6) is 0 Å². The highest BCUT2D eigenvalue weighted by molar-refractivity contribution is 6.38. The molecule has 3 heteroatoms. The molecule has 1 aliphatic heterocycles. The number of aliphatic imine (C=N–C) groups is 1. The van der Waals surface area contributed by atoms with Crippen LogP contribution in [0, 0.1) is 0 Å². The van der Waals surface area contributed by atoms with Gasteiger partial charge in [0.1, 0.15) is 5.71 Å². The van der Waals surface area contributed by atoms with Crippen molar-refractivity contribution >= 4 is 11.6 Å². The molecule has 10 heavy (non-hydrogen) atoms. The molecule has 1 amide bonds. The summed E-state index contributed by atoms with van der Waals surface area (Å²) in [4.78, 5) is 14.4. The van der Waals surface area contributed by atoms with Gasteiger partial charge in [0, 0.05) is 12.6 Å². The molecule has 1 aliphatic rings. The van der Waals surface area contributed by atoms with Crippen molar-refractivity contribution in [3.8, 4) is 0 Å². The summed E-state index contributed by atoms with van der Waals surface area (Å²) in [5.41, 5.74) is 5.41. The number of rotatable bonds is 1. The zero-order valence-electron chi connectivity index (χ0n) is 5.45. The molecule has 0 saturated heterocycles. The summed E-state index contributed by atoms with van der Waals surface area (Å²) < 4.78 is 0.